The van der Waals surface area contributed by atoms with Crippen molar-refractivity contribution in [3.8, 4) is 0 Å². The zero-order valence-corrected chi connectivity index (χ0v) is 53.7. The van der Waals surface area contributed by atoms with E-state index in [2.05, 4.69) is 79.9 Å². The van der Waals surface area contributed by atoms with Crippen LogP contribution in [0, 0.1) is 0 Å². The maximum Gasteiger partial charge on any atom is 0.268 e. The summed E-state index contributed by atoms with van der Waals surface area (Å²) in [5, 5.41) is 13.9. The molecule has 0 aromatic carbocycles. The molecule has 0 radical (unpaired) electrons. The topological polar surface area (TPSA) is 108 Å². The van der Waals surface area contributed by atoms with Gasteiger partial charge in [-0.1, -0.05) is 311 Å². The zero-order valence-electron chi connectivity index (χ0n) is 52.8. The molecule has 79 heavy (non-hydrogen) atoms. The Balaban J connectivity index is 4.12. The van der Waals surface area contributed by atoms with E-state index in [0.29, 0.717) is 17.4 Å². The molecule has 0 aromatic heterocycles. The van der Waals surface area contributed by atoms with Gasteiger partial charge in [-0.15, -0.1) is 0 Å². The number of hydrogen-bond donors (Lipinski definition) is 2. The highest BCUT2D eigenvalue weighted by Gasteiger charge is 2.23. The van der Waals surface area contributed by atoms with Crippen molar-refractivity contribution in [3.05, 3.63) is 72.9 Å². The Bertz CT molecular complexity index is 1520. The van der Waals surface area contributed by atoms with Crippen LogP contribution < -0.4 is 10.2 Å². The van der Waals surface area contributed by atoms with Crippen LogP contribution >= 0.6 is 7.82 Å². The highest BCUT2D eigenvalue weighted by atomic mass is 31.2. The number of hydrogen-bond acceptors (Lipinski definition) is 6. The van der Waals surface area contributed by atoms with E-state index in [4.69, 9.17) is 9.05 Å². The lowest BCUT2D eigenvalue weighted by Gasteiger charge is -2.29. The molecular weight excluding hydrogens is 996 g/mol. The smallest absolute Gasteiger partial charge is 0.268 e. The van der Waals surface area contributed by atoms with Gasteiger partial charge in [-0.3, -0.25) is 9.36 Å². The quantitative estimate of drug-likeness (QED) is 0.0272. The molecule has 0 heterocycles. The molecule has 0 rings (SSSR count). The van der Waals surface area contributed by atoms with Crippen LogP contribution in [0.15, 0.2) is 72.9 Å². The van der Waals surface area contributed by atoms with Crippen LogP contribution in [0.2, 0.25) is 0 Å². The first-order valence-electron chi connectivity index (χ1n) is 33.8. The molecule has 0 bridgehead atoms. The number of unbranched alkanes of at least 4 members (excludes halogenated alkanes) is 39. The molecule has 0 aromatic rings. The number of carbonyl (C=O) groups excluding carboxylic acids is 1. The summed E-state index contributed by atoms with van der Waals surface area (Å²) >= 11 is 0. The van der Waals surface area contributed by atoms with Crippen molar-refractivity contribution in [3.63, 3.8) is 0 Å². The SMILES string of the molecule is CC/C=C\C/C=C\C/C=C\C/C=C\CCCCCCCCCCCCCCCCCCC(=O)NC(COP(=O)([O-])OCC[N+](C)(C)C)C(O)/C=C/CC/C=C/CCCCCCCCCCCCCCCCCCCCCCCC. The number of nitrogens with one attached hydrogen (secondary N) is 1. The number of quaternary nitrogens is 1. The van der Waals surface area contributed by atoms with Crippen LogP contribution in [-0.4, -0.2) is 68.5 Å². The second kappa shape index (κ2) is 60.5. The lowest BCUT2D eigenvalue weighted by molar-refractivity contribution is -0.870. The predicted octanol–water partition coefficient (Wildman–Crippen LogP) is 20.8. The van der Waals surface area contributed by atoms with Crippen molar-refractivity contribution in [1.82, 2.24) is 5.32 Å². The summed E-state index contributed by atoms with van der Waals surface area (Å²) in [6.07, 6.45) is 84.5. The number of phosphoric acid groups is 1. The summed E-state index contributed by atoms with van der Waals surface area (Å²) in [6, 6.07) is -0.907. The molecule has 9 heteroatoms. The molecule has 462 valence electrons. The summed E-state index contributed by atoms with van der Waals surface area (Å²) in [5.41, 5.74) is 0. The van der Waals surface area contributed by atoms with E-state index < -0.39 is 26.6 Å². The normalized spacial score (nSPS) is 14.2. The van der Waals surface area contributed by atoms with Crippen molar-refractivity contribution in [2.75, 3.05) is 40.9 Å². The number of rotatable bonds is 62. The highest BCUT2D eigenvalue weighted by Crippen LogP contribution is 2.38. The number of carbonyl (C=O) groups is 1. The van der Waals surface area contributed by atoms with Gasteiger partial charge in [-0.05, 0) is 70.6 Å². The summed E-state index contributed by atoms with van der Waals surface area (Å²) in [4.78, 5) is 25.6. The Hall–Kier alpha value is -2.06. The van der Waals surface area contributed by atoms with E-state index in [1.165, 1.54) is 231 Å². The van der Waals surface area contributed by atoms with E-state index in [1.807, 2.05) is 27.2 Å². The van der Waals surface area contributed by atoms with Crippen molar-refractivity contribution < 1.29 is 32.9 Å². The van der Waals surface area contributed by atoms with Crippen molar-refractivity contribution >= 4 is 13.7 Å². The number of nitrogens with zero attached hydrogens (tertiary/aromatic N) is 1. The molecule has 0 saturated heterocycles. The van der Waals surface area contributed by atoms with Crippen LogP contribution in [0.4, 0.5) is 0 Å². The minimum Gasteiger partial charge on any atom is -0.756 e. The van der Waals surface area contributed by atoms with Crippen molar-refractivity contribution in [1.29, 1.82) is 0 Å². The Morgan fingerprint density at radius 2 is 0.785 bits per heavy atom. The number of likely N-dealkylation sites (N-methyl/N-ethyl adjacent to an activating group) is 1. The molecule has 0 aliphatic rings. The van der Waals surface area contributed by atoms with E-state index in [9.17, 15) is 19.4 Å². The van der Waals surface area contributed by atoms with E-state index in [1.54, 1.807) is 6.08 Å². The van der Waals surface area contributed by atoms with Gasteiger partial charge in [0.15, 0.2) is 0 Å². The second-order valence-electron chi connectivity index (χ2n) is 24.1. The molecular formula is C70H131N2O6P. The second-order valence-corrected chi connectivity index (χ2v) is 25.6. The van der Waals surface area contributed by atoms with Gasteiger partial charge < -0.3 is 28.8 Å². The maximum atomic E-state index is 13.0. The fraction of sp³-hybridized carbons (Fsp3) is 0.814. The first-order chi connectivity index (χ1) is 38.5. The summed E-state index contributed by atoms with van der Waals surface area (Å²) in [7, 11) is 1.25. The van der Waals surface area contributed by atoms with E-state index >= 15 is 0 Å². The Labute approximate surface area is 491 Å². The predicted molar refractivity (Wildman–Crippen MR) is 344 cm³/mol. The number of phosphoric ester groups is 1. The third kappa shape index (κ3) is 63.4. The third-order valence-corrected chi connectivity index (χ3v) is 16.1. The fourth-order valence-corrected chi connectivity index (χ4v) is 10.7. The number of aliphatic hydroxyl groups excluding tert-OH is 1. The third-order valence-electron chi connectivity index (χ3n) is 15.2. The van der Waals surface area contributed by atoms with Gasteiger partial charge in [-0.25, -0.2) is 0 Å². The molecule has 1 amide bonds. The zero-order chi connectivity index (χ0) is 57.7. The average Bonchev–Trinajstić information content (AvgIpc) is 3.42. The molecule has 8 nitrogen and oxygen atoms in total. The van der Waals surface area contributed by atoms with Gasteiger partial charge in [0.2, 0.25) is 5.91 Å². The van der Waals surface area contributed by atoms with Crippen LogP contribution in [0.5, 0.6) is 0 Å². The van der Waals surface area contributed by atoms with Gasteiger partial charge >= 0.3 is 0 Å². The number of aliphatic hydroxyl groups is 1. The Kier molecular flexibility index (Phi) is 59.0. The highest BCUT2D eigenvalue weighted by molar-refractivity contribution is 7.45. The standard InChI is InChI=1S/C70H131N2O6P/c1-6-8-10-12-14-16-18-20-22-24-26-28-30-32-34-36-38-40-42-44-46-48-50-52-54-56-58-60-62-64-70(74)71-68(67-78-79(75,76)77-66-65-72(3,4)5)69(73)63-61-59-57-55-53-51-49-47-45-43-41-39-37-35-33-31-29-27-25-23-21-19-17-15-13-11-9-7-2/h8,10,14,16,20,22,26,28,53,55,61,63,68-69,73H,6-7,9,11-13,15,17-19,21,23-25,27,29-52,54,56-60,62,64-67H2,1-5H3,(H-,71,74,75,76)/b10-8-,16-14-,22-20-,28-26-,55-53+,63-61+. The minimum absolute atomic E-state index is 0.00744. The molecule has 3 unspecified atom stereocenters. The van der Waals surface area contributed by atoms with E-state index in [0.717, 1.165) is 64.2 Å². The first-order valence-corrected chi connectivity index (χ1v) is 35.3. The number of amides is 1. The molecule has 0 saturated carbocycles. The summed E-state index contributed by atoms with van der Waals surface area (Å²) in [6.45, 7) is 4.55. The lowest BCUT2D eigenvalue weighted by atomic mass is 10.0. The first kappa shape index (κ1) is 76.9. The fourth-order valence-electron chi connectivity index (χ4n) is 9.93. The van der Waals surface area contributed by atoms with E-state index in [-0.39, 0.29) is 12.5 Å². The molecule has 0 aliphatic carbocycles. The average molecular weight is 1130 g/mol. The van der Waals surface area contributed by atoms with Crippen LogP contribution in [-0.2, 0) is 18.4 Å². The lowest BCUT2D eigenvalue weighted by Crippen LogP contribution is -2.45. The Morgan fingerprint density at radius 1 is 0.456 bits per heavy atom. The number of allylic oxidation sites excluding steroid dienone is 11. The van der Waals surface area contributed by atoms with Crippen LogP contribution in [0.25, 0.3) is 0 Å². The molecule has 3 atom stereocenters. The minimum atomic E-state index is -4.61. The summed E-state index contributed by atoms with van der Waals surface area (Å²) in [5.74, 6) is -0.205. The summed E-state index contributed by atoms with van der Waals surface area (Å²) < 4.78 is 23.4. The van der Waals surface area contributed by atoms with Crippen molar-refractivity contribution in [2.24, 2.45) is 0 Å². The molecule has 2 N–H and O–H groups in total. The largest absolute Gasteiger partial charge is 0.756 e. The van der Waals surface area contributed by atoms with Gasteiger partial charge in [0.25, 0.3) is 7.82 Å². The molecule has 0 fully saturated rings. The van der Waals surface area contributed by atoms with Gasteiger partial charge in [-0.2, -0.15) is 0 Å². The monoisotopic (exact) mass is 1130 g/mol. The maximum absolute atomic E-state index is 13.0. The van der Waals surface area contributed by atoms with Crippen molar-refractivity contribution in [2.45, 2.75) is 328 Å². The van der Waals surface area contributed by atoms with Crippen LogP contribution in [0.3, 0.4) is 0 Å². The van der Waals surface area contributed by atoms with Crippen LogP contribution in [0.1, 0.15) is 316 Å². The van der Waals surface area contributed by atoms with Gasteiger partial charge in [0.05, 0.1) is 39.9 Å². The van der Waals surface area contributed by atoms with Gasteiger partial charge in [0.1, 0.15) is 13.2 Å². The van der Waals surface area contributed by atoms with Gasteiger partial charge in [0, 0.05) is 6.42 Å². The molecule has 0 aliphatic heterocycles. The Morgan fingerprint density at radius 3 is 1.18 bits per heavy atom. The molecule has 0 spiro atoms.